The van der Waals surface area contributed by atoms with E-state index in [2.05, 4.69) is 30.3 Å². The highest BCUT2D eigenvalue weighted by molar-refractivity contribution is 5.92. The molecule has 2 aromatic heterocycles. The highest BCUT2D eigenvalue weighted by Crippen LogP contribution is 2.16. The van der Waals surface area contributed by atoms with Gasteiger partial charge < -0.3 is 15.1 Å². The molecule has 3 heterocycles. The Hall–Kier alpha value is -2.70. The van der Waals surface area contributed by atoms with Gasteiger partial charge in [0.1, 0.15) is 5.82 Å². The molecule has 0 radical (unpaired) electrons. The molecule has 1 fully saturated rings. The van der Waals surface area contributed by atoms with Gasteiger partial charge in [-0.1, -0.05) is 13.0 Å². The van der Waals surface area contributed by atoms with E-state index in [9.17, 15) is 4.79 Å². The number of hydrogen-bond acceptors (Lipinski definition) is 6. The molecule has 3 rings (SSSR count). The van der Waals surface area contributed by atoms with Gasteiger partial charge in [0.15, 0.2) is 11.5 Å². The number of carbonyl (C=O) groups excluding carboxylic acids is 1. The molecule has 0 saturated carbocycles. The van der Waals surface area contributed by atoms with Crippen molar-refractivity contribution in [1.82, 2.24) is 20.5 Å². The van der Waals surface area contributed by atoms with Gasteiger partial charge in [-0.2, -0.15) is 0 Å². The van der Waals surface area contributed by atoms with Crippen LogP contribution in [-0.2, 0) is 0 Å². The number of nitrogens with zero attached hydrogens (tertiary/aromatic N) is 5. The minimum absolute atomic E-state index is 0.133. The van der Waals surface area contributed by atoms with Crippen LogP contribution in [0.5, 0.6) is 0 Å². The molecule has 1 amide bonds. The average Bonchev–Trinajstić information content (AvgIpc) is 2.69. The van der Waals surface area contributed by atoms with Crippen LogP contribution in [0.15, 0.2) is 36.5 Å². The average molecular weight is 340 g/mol. The standard InChI is InChI=1S/C18H24N6O/c1-3-14(2)20-18(25)15-7-8-17(22-21-15)24-12-10-23(11-13-24)16-6-4-5-9-19-16/h4-9,14H,3,10-13H2,1-2H3,(H,20,25). The molecule has 0 bridgehead atoms. The number of carbonyl (C=O) groups is 1. The molecule has 1 unspecified atom stereocenters. The molecule has 7 heteroatoms. The predicted molar refractivity (Wildman–Crippen MR) is 97.9 cm³/mol. The molecule has 2 aromatic rings. The molecule has 1 saturated heterocycles. The number of amides is 1. The van der Waals surface area contributed by atoms with Gasteiger partial charge in [0, 0.05) is 38.4 Å². The number of aromatic nitrogens is 3. The molecule has 0 aliphatic carbocycles. The van der Waals surface area contributed by atoms with Gasteiger partial charge in [-0.25, -0.2) is 4.98 Å². The summed E-state index contributed by atoms with van der Waals surface area (Å²) < 4.78 is 0. The van der Waals surface area contributed by atoms with Crippen LogP contribution in [0.1, 0.15) is 30.8 Å². The smallest absolute Gasteiger partial charge is 0.272 e. The fourth-order valence-corrected chi connectivity index (χ4v) is 2.72. The first-order valence-corrected chi connectivity index (χ1v) is 8.73. The van der Waals surface area contributed by atoms with E-state index in [1.54, 1.807) is 6.07 Å². The van der Waals surface area contributed by atoms with Crippen LogP contribution in [0.3, 0.4) is 0 Å². The minimum atomic E-state index is -0.173. The van der Waals surface area contributed by atoms with Crippen molar-refractivity contribution >= 4 is 17.5 Å². The summed E-state index contributed by atoms with van der Waals surface area (Å²) in [6.45, 7) is 7.47. The van der Waals surface area contributed by atoms with Crippen molar-refractivity contribution in [3.63, 3.8) is 0 Å². The summed E-state index contributed by atoms with van der Waals surface area (Å²) in [5.74, 6) is 1.64. The molecule has 132 valence electrons. The lowest BCUT2D eigenvalue weighted by Gasteiger charge is -2.35. The van der Waals surface area contributed by atoms with Crippen molar-refractivity contribution in [3.05, 3.63) is 42.2 Å². The monoisotopic (exact) mass is 340 g/mol. The van der Waals surface area contributed by atoms with Crippen LogP contribution in [0, 0.1) is 0 Å². The van der Waals surface area contributed by atoms with Crippen LogP contribution in [0.2, 0.25) is 0 Å². The summed E-state index contributed by atoms with van der Waals surface area (Å²) in [7, 11) is 0. The Labute approximate surface area is 148 Å². The molecule has 0 spiro atoms. The van der Waals surface area contributed by atoms with E-state index in [0.717, 1.165) is 44.2 Å². The van der Waals surface area contributed by atoms with E-state index in [1.807, 2.05) is 44.3 Å². The summed E-state index contributed by atoms with van der Waals surface area (Å²) >= 11 is 0. The van der Waals surface area contributed by atoms with Crippen LogP contribution in [0.25, 0.3) is 0 Å². The summed E-state index contributed by atoms with van der Waals surface area (Å²) in [5, 5.41) is 11.2. The van der Waals surface area contributed by atoms with Crippen LogP contribution in [-0.4, -0.2) is 53.3 Å². The third-order valence-corrected chi connectivity index (χ3v) is 4.45. The van der Waals surface area contributed by atoms with Crippen molar-refractivity contribution in [3.8, 4) is 0 Å². The lowest BCUT2D eigenvalue weighted by Crippen LogP contribution is -2.47. The van der Waals surface area contributed by atoms with Gasteiger partial charge in [-0.05, 0) is 37.6 Å². The first kappa shape index (κ1) is 17.1. The first-order chi connectivity index (χ1) is 12.2. The Kier molecular flexibility index (Phi) is 5.42. The summed E-state index contributed by atoms with van der Waals surface area (Å²) in [5.41, 5.74) is 0.358. The number of piperazine rings is 1. The van der Waals surface area contributed by atoms with E-state index in [0.29, 0.717) is 5.69 Å². The molecular weight excluding hydrogens is 316 g/mol. The molecule has 1 aliphatic heterocycles. The van der Waals surface area contributed by atoms with Gasteiger partial charge >= 0.3 is 0 Å². The molecule has 1 atom stereocenters. The second-order valence-corrected chi connectivity index (χ2v) is 6.22. The van der Waals surface area contributed by atoms with Gasteiger partial charge in [0.2, 0.25) is 0 Å². The Morgan fingerprint density at radius 2 is 1.80 bits per heavy atom. The number of hydrogen-bond donors (Lipinski definition) is 1. The number of pyridine rings is 1. The zero-order valence-electron chi connectivity index (χ0n) is 14.7. The molecule has 1 aliphatic rings. The highest BCUT2D eigenvalue weighted by Gasteiger charge is 2.20. The summed E-state index contributed by atoms with van der Waals surface area (Å²) in [4.78, 5) is 20.9. The highest BCUT2D eigenvalue weighted by atomic mass is 16.2. The van der Waals surface area contributed by atoms with E-state index in [-0.39, 0.29) is 11.9 Å². The quantitative estimate of drug-likeness (QED) is 0.893. The third kappa shape index (κ3) is 4.23. The van der Waals surface area contributed by atoms with Crippen molar-refractivity contribution < 1.29 is 4.79 Å². The van der Waals surface area contributed by atoms with Crippen molar-refractivity contribution in [1.29, 1.82) is 0 Å². The topological polar surface area (TPSA) is 74.2 Å². The van der Waals surface area contributed by atoms with Gasteiger partial charge in [0.25, 0.3) is 5.91 Å². The summed E-state index contributed by atoms with van der Waals surface area (Å²) in [6, 6.07) is 9.70. The van der Waals surface area contributed by atoms with E-state index >= 15 is 0 Å². The Balaban J connectivity index is 1.58. The van der Waals surface area contributed by atoms with Crippen molar-refractivity contribution in [2.24, 2.45) is 0 Å². The second kappa shape index (κ2) is 7.92. The Morgan fingerprint density at radius 1 is 1.08 bits per heavy atom. The van der Waals surface area contributed by atoms with Crippen molar-refractivity contribution in [2.75, 3.05) is 36.0 Å². The minimum Gasteiger partial charge on any atom is -0.353 e. The maximum Gasteiger partial charge on any atom is 0.272 e. The first-order valence-electron chi connectivity index (χ1n) is 8.73. The predicted octanol–water partition coefficient (Wildman–Crippen LogP) is 1.73. The van der Waals surface area contributed by atoms with Crippen LogP contribution < -0.4 is 15.1 Å². The molecular formula is C18H24N6O. The largest absolute Gasteiger partial charge is 0.353 e. The number of rotatable bonds is 5. The SMILES string of the molecule is CCC(C)NC(=O)c1ccc(N2CCN(c3ccccn3)CC2)nn1. The molecule has 0 aromatic carbocycles. The fraction of sp³-hybridized carbons (Fsp3) is 0.444. The van der Waals surface area contributed by atoms with Crippen LogP contribution in [0.4, 0.5) is 11.6 Å². The molecule has 7 nitrogen and oxygen atoms in total. The number of nitrogens with one attached hydrogen (secondary N) is 1. The Morgan fingerprint density at radius 3 is 2.36 bits per heavy atom. The normalized spacial score (nSPS) is 15.8. The van der Waals surface area contributed by atoms with Crippen LogP contribution >= 0.6 is 0 Å². The zero-order valence-corrected chi connectivity index (χ0v) is 14.7. The maximum atomic E-state index is 12.1. The third-order valence-electron chi connectivity index (χ3n) is 4.45. The van der Waals surface area contributed by atoms with Gasteiger partial charge in [0.05, 0.1) is 0 Å². The van der Waals surface area contributed by atoms with E-state index < -0.39 is 0 Å². The maximum absolute atomic E-state index is 12.1. The van der Waals surface area contributed by atoms with E-state index in [4.69, 9.17) is 0 Å². The second-order valence-electron chi connectivity index (χ2n) is 6.22. The lowest BCUT2D eigenvalue weighted by atomic mass is 10.2. The molecule has 1 N–H and O–H groups in total. The summed E-state index contributed by atoms with van der Waals surface area (Å²) in [6.07, 6.45) is 2.70. The van der Waals surface area contributed by atoms with Crippen molar-refractivity contribution in [2.45, 2.75) is 26.3 Å². The zero-order chi connectivity index (χ0) is 17.6. The van der Waals surface area contributed by atoms with E-state index in [1.165, 1.54) is 0 Å². The van der Waals surface area contributed by atoms with Gasteiger partial charge in [-0.15, -0.1) is 10.2 Å². The lowest BCUT2D eigenvalue weighted by molar-refractivity contribution is 0.0933. The Bertz CT molecular complexity index is 682. The van der Waals surface area contributed by atoms with Gasteiger partial charge in [-0.3, -0.25) is 4.79 Å². The fourth-order valence-electron chi connectivity index (χ4n) is 2.72. The number of anilines is 2. The molecule has 25 heavy (non-hydrogen) atoms.